The number of aliphatic hydroxyl groups is 1. The molecule has 2 aliphatic rings. The molecule has 2 fully saturated rings. The molecule has 0 aliphatic carbocycles. The van der Waals surface area contributed by atoms with Crippen LogP contribution in [0, 0.1) is 29.6 Å². The fourth-order valence-corrected chi connectivity index (χ4v) is 7.02. The maximum Gasteiger partial charge on any atom is 0.316 e. The first-order chi connectivity index (χ1) is 20.7. The van der Waals surface area contributed by atoms with Crippen molar-refractivity contribution >= 4 is 34.5 Å². The smallest absolute Gasteiger partial charge is 0.316 e. The first kappa shape index (κ1) is 33.9. The van der Waals surface area contributed by atoms with Crippen molar-refractivity contribution < 1.29 is 33.7 Å². The van der Waals surface area contributed by atoms with Gasteiger partial charge in [0.05, 0.1) is 23.8 Å². The van der Waals surface area contributed by atoms with Gasteiger partial charge in [-0.25, -0.2) is 0 Å². The third-order valence-corrected chi connectivity index (χ3v) is 10.1. The minimum absolute atomic E-state index is 0.0307. The minimum atomic E-state index is -1.32. The summed E-state index contributed by atoms with van der Waals surface area (Å²) >= 11 is 0. The maximum absolute atomic E-state index is 14.0. The quantitative estimate of drug-likeness (QED) is 0.353. The summed E-state index contributed by atoms with van der Waals surface area (Å²) in [6.07, 6.45) is 4.31. The number of carbonyl (C=O) groups is 3. The Morgan fingerprint density at radius 2 is 1.77 bits per heavy atom. The number of para-hydroxylation sites is 1. The number of carbonyl (C=O) groups excluding carboxylic acids is 3. The van der Waals surface area contributed by atoms with Gasteiger partial charge in [-0.2, -0.15) is 0 Å². The molecule has 1 unspecified atom stereocenters. The van der Waals surface area contributed by atoms with Gasteiger partial charge in [0, 0.05) is 29.3 Å². The van der Waals surface area contributed by atoms with Crippen LogP contribution >= 0.6 is 0 Å². The van der Waals surface area contributed by atoms with Gasteiger partial charge in [-0.3, -0.25) is 24.7 Å². The first-order valence-corrected chi connectivity index (χ1v) is 15.8. The SMILES string of the molecule is CC[C@H]1OC(=O)[C@H](C)C(=O)[C@H](C)[C@@H](C)[C@](C)(OC/C=C/c2cnc3ccccc3c2)C[C@@H](C)C(=O)[C@H](C)[C@H]2NC(O)O[C@@]21C. The normalized spacial score (nSPS) is 37.6. The molecule has 2 saturated heterocycles. The Morgan fingerprint density at radius 3 is 2.48 bits per heavy atom. The number of esters is 1. The average Bonchev–Trinajstić information content (AvgIpc) is 3.33. The van der Waals surface area contributed by atoms with Gasteiger partial charge in [0.2, 0.25) is 6.41 Å². The molecule has 2 aliphatic heterocycles. The molecule has 44 heavy (non-hydrogen) atoms. The Labute approximate surface area is 260 Å². The van der Waals surface area contributed by atoms with Crippen LogP contribution in [0.2, 0.25) is 0 Å². The van der Waals surface area contributed by atoms with Crippen molar-refractivity contribution in [3.8, 4) is 0 Å². The van der Waals surface area contributed by atoms with Gasteiger partial charge in [-0.1, -0.05) is 65.0 Å². The van der Waals surface area contributed by atoms with E-state index in [2.05, 4.69) is 16.4 Å². The van der Waals surface area contributed by atoms with Gasteiger partial charge < -0.3 is 19.3 Å². The largest absolute Gasteiger partial charge is 0.459 e. The number of hydrogen-bond donors (Lipinski definition) is 2. The molecule has 0 bridgehead atoms. The second kappa shape index (κ2) is 13.6. The van der Waals surface area contributed by atoms with Crippen molar-refractivity contribution in [1.82, 2.24) is 10.3 Å². The zero-order chi connectivity index (χ0) is 32.4. The number of ketones is 2. The van der Waals surface area contributed by atoms with Crippen LogP contribution in [-0.4, -0.2) is 64.0 Å². The van der Waals surface area contributed by atoms with Gasteiger partial charge in [0.15, 0.2) is 0 Å². The number of hydrogen-bond acceptors (Lipinski definition) is 9. The van der Waals surface area contributed by atoms with Crippen LogP contribution in [0.1, 0.15) is 73.8 Å². The number of rotatable bonds is 5. The molecule has 3 heterocycles. The van der Waals surface area contributed by atoms with Crippen molar-refractivity contribution in [2.45, 2.75) is 98.0 Å². The van der Waals surface area contributed by atoms with Crippen molar-refractivity contribution in [2.75, 3.05) is 6.61 Å². The van der Waals surface area contributed by atoms with E-state index < -0.39 is 59.4 Å². The highest BCUT2D eigenvalue weighted by atomic mass is 16.7. The van der Waals surface area contributed by atoms with Gasteiger partial charge in [-0.15, -0.1) is 0 Å². The van der Waals surface area contributed by atoms with Crippen LogP contribution in [0.15, 0.2) is 42.6 Å². The van der Waals surface area contributed by atoms with Crippen LogP contribution in [0.4, 0.5) is 0 Å². The molecule has 4 rings (SSSR count). The molecule has 240 valence electrons. The molecule has 9 nitrogen and oxygen atoms in total. The van der Waals surface area contributed by atoms with Crippen molar-refractivity contribution in [1.29, 1.82) is 0 Å². The number of ether oxygens (including phenoxy) is 3. The molecular formula is C35H48N2O7. The second-order valence-corrected chi connectivity index (χ2v) is 13.1. The highest BCUT2D eigenvalue weighted by Gasteiger charge is 2.55. The molecular weight excluding hydrogens is 560 g/mol. The third kappa shape index (κ3) is 6.81. The van der Waals surface area contributed by atoms with Crippen molar-refractivity contribution in [3.63, 3.8) is 0 Å². The van der Waals surface area contributed by atoms with E-state index in [0.29, 0.717) is 12.8 Å². The Bertz CT molecular complexity index is 1390. The Kier molecular flexibility index (Phi) is 10.5. The topological polar surface area (TPSA) is 124 Å². The lowest BCUT2D eigenvalue weighted by atomic mass is 9.70. The zero-order valence-corrected chi connectivity index (χ0v) is 27.2. The van der Waals surface area contributed by atoms with Crippen LogP contribution in [0.3, 0.4) is 0 Å². The first-order valence-electron chi connectivity index (χ1n) is 15.8. The number of nitrogens with one attached hydrogen (secondary N) is 1. The number of fused-ring (bicyclic) bond motifs is 2. The van der Waals surface area contributed by atoms with Crippen LogP contribution < -0.4 is 5.32 Å². The molecule has 2 N–H and O–H groups in total. The summed E-state index contributed by atoms with van der Waals surface area (Å²) in [5.41, 5.74) is -0.206. The summed E-state index contributed by atoms with van der Waals surface area (Å²) in [6, 6.07) is 9.35. The fraction of sp³-hybridized carbons (Fsp3) is 0.600. The number of cyclic esters (lactones) is 1. The Hall–Kier alpha value is -2.98. The summed E-state index contributed by atoms with van der Waals surface area (Å²) in [6.45, 7) is 14.8. The predicted molar refractivity (Wildman–Crippen MR) is 168 cm³/mol. The summed E-state index contributed by atoms with van der Waals surface area (Å²) in [4.78, 5) is 45.5. The van der Waals surface area contributed by atoms with E-state index in [4.69, 9.17) is 14.2 Å². The predicted octanol–water partition coefficient (Wildman–Crippen LogP) is 5.09. The minimum Gasteiger partial charge on any atom is -0.459 e. The molecule has 0 radical (unpaired) electrons. The zero-order valence-electron chi connectivity index (χ0n) is 27.2. The summed E-state index contributed by atoms with van der Waals surface area (Å²) < 4.78 is 18.3. The lowest BCUT2D eigenvalue weighted by Gasteiger charge is -2.42. The molecule has 2 aromatic rings. The highest BCUT2D eigenvalue weighted by Crippen LogP contribution is 2.40. The fourth-order valence-electron chi connectivity index (χ4n) is 7.02. The molecule has 9 heteroatoms. The molecule has 10 atom stereocenters. The number of benzene rings is 1. The summed E-state index contributed by atoms with van der Waals surface area (Å²) in [5, 5.41) is 14.5. The second-order valence-electron chi connectivity index (χ2n) is 13.1. The lowest BCUT2D eigenvalue weighted by Crippen LogP contribution is -2.57. The lowest BCUT2D eigenvalue weighted by molar-refractivity contribution is -0.198. The van der Waals surface area contributed by atoms with Crippen molar-refractivity contribution in [3.05, 3.63) is 48.2 Å². The number of Topliss-reactive ketones (excluding diaryl/α,β-unsaturated/α-hetero) is 2. The molecule has 0 amide bonds. The summed E-state index contributed by atoms with van der Waals surface area (Å²) in [5.74, 6) is -3.81. The van der Waals surface area contributed by atoms with E-state index in [9.17, 15) is 19.5 Å². The monoisotopic (exact) mass is 608 g/mol. The third-order valence-electron chi connectivity index (χ3n) is 10.1. The van der Waals surface area contributed by atoms with Gasteiger partial charge in [0.1, 0.15) is 29.2 Å². The van der Waals surface area contributed by atoms with E-state index >= 15 is 0 Å². The summed E-state index contributed by atoms with van der Waals surface area (Å²) in [7, 11) is 0. The van der Waals surface area contributed by atoms with E-state index in [0.717, 1.165) is 16.5 Å². The van der Waals surface area contributed by atoms with E-state index in [1.165, 1.54) is 0 Å². The van der Waals surface area contributed by atoms with Crippen molar-refractivity contribution in [2.24, 2.45) is 29.6 Å². The molecule has 1 aromatic carbocycles. The highest BCUT2D eigenvalue weighted by molar-refractivity contribution is 5.99. The number of aromatic nitrogens is 1. The van der Waals surface area contributed by atoms with E-state index in [1.54, 1.807) is 13.8 Å². The number of pyridine rings is 1. The van der Waals surface area contributed by atoms with Crippen LogP contribution in [0.5, 0.6) is 0 Å². The van der Waals surface area contributed by atoms with E-state index in [1.807, 2.05) is 84.2 Å². The maximum atomic E-state index is 14.0. The number of aliphatic hydroxyl groups excluding tert-OH is 1. The Morgan fingerprint density at radius 1 is 1.07 bits per heavy atom. The van der Waals surface area contributed by atoms with Crippen LogP contribution in [0.25, 0.3) is 17.0 Å². The van der Waals surface area contributed by atoms with Gasteiger partial charge >= 0.3 is 5.97 Å². The molecule has 0 spiro atoms. The van der Waals surface area contributed by atoms with Crippen LogP contribution in [-0.2, 0) is 28.6 Å². The molecule has 1 aromatic heterocycles. The van der Waals surface area contributed by atoms with Gasteiger partial charge in [0.25, 0.3) is 0 Å². The Balaban J connectivity index is 1.63. The average molecular weight is 609 g/mol. The molecule has 0 saturated carbocycles. The van der Waals surface area contributed by atoms with E-state index in [-0.39, 0.29) is 24.1 Å². The number of nitrogens with zero attached hydrogens (tertiary/aromatic N) is 1. The van der Waals surface area contributed by atoms with Gasteiger partial charge in [-0.05, 0) is 57.2 Å². The standard InChI is InChI=1S/C35H48N2O7/c1-9-28-35(8)31(37-33(41)44-35)22(4)29(38)20(2)18-34(7,24(6)21(3)30(39)23(5)32(40)43-28)42-16-12-13-25-17-26-14-10-11-15-27(26)36-19-25/h10-15,17,19-24,28,31,33,37,41H,9,16,18H2,1-8H3/b13-12+/t20-,21-,22+,23-,24-,28-,31-,33?,34-,35-/m1/s1.